The molecule has 1 atom stereocenters. The number of rotatable bonds is 7. The minimum absolute atomic E-state index is 0.116. The summed E-state index contributed by atoms with van der Waals surface area (Å²) in [5, 5.41) is 17.2. The van der Waals surface area contributed by atoms with Crippen molar-refractivity contribution < 1.29 is 18.4 Å². The summed E-state index contributed by atoms with van der Waals surface area (Å²) in [4.78, 5) is 29.3. The van der Waals surface area contributed by atoms with Crippen LogP contribution in [0.1, 0.15) is 22.5 Å². The number of likely N-dealkylation sites (tertiary alicyclic amines) is 1. The number of halogens is 3. The maximum absolute atomic E-state index is 13.4. The first-order chi connectivity index (χ1) is 14.3. The minimum Gasteiger partial charge on any atom is -0.361 e. The lowest BCUT2D eigenvalue weighted by Gasteiger charge is -2.19. The van der Waals surface area contributed by atoms with E-state index in [9.17, 15) is 18.4 Å². The second kappa shape index (κ2) is 9.36. The summed E-state index contributed by atoms with van der Waals surface area (Å²) in [7, 11) is 0. The summed E-state index contributed by atoms with van der Waals surface area (Å²) in [6.45, 7) is -0.699. The zero-order valence-corrected chi connectivity index (χ0v) is 17.3. The fourth-order valence-corrected chi connectivity index (χ4v) is 3.81. The van der Waals surface area contributed by atoms with Gasteiger partial charge in [0.25, 0.3) is 11.8 Å². The number of anilines is 1. The van der Waals surface area contributed by atoms with Crippen molar-refractivity contribution in [2.45, 2.75) is 24.8 Å². The summed E-state index contributed by atoms with van der Waals surface area (Å²) in [5.74, 6) is -4.42. The third-order valence-electron chi connectivity index (χ3n) is 4.48. The molecule has 7 nitrogen and oxygen atoms in total. The molecule has 158 valence electrons. The van der Waals surface area contributed by atoms with Crippen molar-refractivity contribution in [1.82, 2.24) is 15.2 Å². The Morgan fingerprint density at radius 3 is 2.80 bits per heavy atom. The number of amides is 2. The van der Waals surface area contributed by atoms with E-state index in [1.807, 2.05) is 24.3 Å². The van der Waals surface area contributed by atoms with E-state index < -0.39 is 43.3 Å². The number of thiazole rings is 1. The molecule has 2 heterocycles. The molecule has 0 bridgehead atoms. The van der Waals surface area contributed by atoms with Crippen molar-refractivity contribution in [2.24, 2.45) is 0 Å². The Labute approximate surface area is 180 Å². The van der Waals surface area contributed by atoms with Crippen LogP contribution >= 0.6 is 22.9 Å². The predicted octanol–water partition coefficient (Wildman–Crippen LogP) is 2.94. The van der Waals surface area contributed by atoms with Crippen molar-refractivity contribution in [3.63, 3.8) is 0 Å². The Morgan fingerprint density at radius 2 is 2.10 bits per heavy atom. The van der Waals surface area contributed by atoms with Gasteiger partial charge in [-0.2, -0.15) is 5.26 Å². The van der Waals surface area contributed by atoms with Crippen LogP contribution in [0.3, 0.4) is 0 Å². The molecule has 3 rings (SSSR count). The van der Waals surface area contributed by atoms with Gasteiger partial charge in [-0.15, -0.1) is 11.3 Å². The third-order valence-corrected chi connectivity index (χ3v) is 5.53. The van der Waals surface area contributed by atoms with Crippen molar-refractivity contribution >= 4 is 39.9 Å². The van der Waals surface area contributed by atoms with E-state index in [0.29, 0.717) is 16.7 Å². The molecule has 0 saturated carbocycles. The van der Waals surface area contributed by atoms with Crippen LogP contribution in [0.2, 0.25) is 5.02 Å². The molecule has 2 aromatic rings. The SMILES string of the molecule is N#C[C@@H]1CC(F)(F)CN1C(=O)CNC(=O)c1csc(NCCc2ccc(Cl)cc2)n1. The summed E-state index contributed by atoms with van der Waals surface area (Å²) in [6.07, 6.45) is 0.0492. The number of nitrogens with one attached hydrogen (secondary N) is 2. The van der Waals surface area contributed by atoms with Crippen molar-refractivity contribution in [1.29, 1.82) is 5.26 Å². The maximum atomic E-state index is 13.4. The van der Waals surface area contributed by atoms with E-state index in [-0.39, 0.29) is 5.69 Å². The van der Waals surface area contributed by atoms with E-state index in [1.54, 1.807) is 6.07 Å². The number of nitrogens with zero attached hydrogens (tertiary/aromatic N) is 3. The molecule has 2 amide bonds. The first-order valence-electron chi connectivity index (χ1n) is 9.06. The Balaban J connectivity index is 1.46. The molecule has 0 radical (unpaired) electrons. The molecule has 30 heavy (non-hydrogen) atoms. The Hall–Kier alpha value is -2.77. The number of nitriles is 1. The minimum atomic E-state index is -3.10. The van der Waals surface area contributed by atoms with Crippen molar-refractivity contribution in [3.8, 4) is 6.07 Å². The molecule has 0 unspecified atom stereocenters. The summed E-state index contributed by atoms with van der Waals surface area (Å²) in [5.41, 5.74) is 1.22. The number of hydrogen-bond donors (Lipinski definition) is 2. The molecule has 0 spiro atoms. The van der Waals surface area contributed by atoms with Crippen LogP contribution in [0.15, 0.2) is 29.6 Å². The molecule has 1 saturated heterocycles. The standard InChI is InChI=1S/C19H18ClF2N5O2S/c20-13-3-1-12(2-4-13)5-6-24-18-26-15(10-30-18)17(29)25-9-16(28)27-11-19(21,22)7-14(27)8-23/h1-4,10,14H,5-7,9,11H2,(H,24,26)(H,25,29)/t14-/m0/s1. The van der Waals surface area contributed by atoms with Crippen LogP contribution in [0.5, 0.6) is 0 Å². The predicted molar refractivity (Wildman–Crippen MR) is 109 cm³/mol. The average Bonchev–Trinajstić information content (AvgIpc) is 3.31. The molecular formula is C19H18ClF2N5O2S. The Morgan fingerprint density at radius 1 is 1.37 bits per heavy atom. The van der Waals surface area contributed by atoms with Gasteiger partial charge in [0.1, 0.15) is 11.7 Å². The highest BCUT2D eigenvalue weighted by Crippen LogP contribution is 2.31. The van der Waals surface area contributed by atoms with E-state index in [1.165, 1.54) is 16.7 Å². The average molecular weight is 454 g/mol. The van der Waals surface area contributed by atoms with Gasteiger partial charge in [-0.25, -0.2) is 13.8 Å². The highest BCUT2D eigenvalue weighted by molar-refractivity contribution is 7.13. The number of aromatic nitrogens is 1. The maximum Gasteiger partial charge on any atom is 0.271 e. The number of carbonyl (C=O) groups is 2. The van der Waals surface area contributed by atoms with Gasteiger partial charge in [0.2, 0.25) is 5.91 Å². The second-order valence-electron chi connectivity index (χ2n) is 6.75. The van der Waals surface area contributed by atoms with Crippen LogP contribution in [0, 0.1) is 11.3 Å². The normalized spacial score (nSPS) is 17.4. The largest absolute Gasteiger partial charge is 0.361 e. The van der Waals surface area contributed by atoms with E-state index in [4.69, 9.17) is 16.9 Å². The zero-order chi connectivity index (χ0) is 21.7. The summed E-state index contributed by atoms with van der Waals surface area (Å²) < 4.78 is 26.9. The molecule has 1 fully saturated rings. The van der Waals surface area contributed by atoms with E-state index in [2.05, 4.69) is 15.6 Å². The molecule has 2 N–H and O–H groups in total. The number of alkyl halides is 2. The van der Waals surface area contributed by atoms with Crippen LogP contribution in [-0.4, -0.2) is 53.3 Å². The van der Waals surface area contributed by atoms with Gasteiger partial charge in [-0.3, -0.25) is 9.59 Å². The van der Waals surface area contributed by atoms with E-state index >= 15 is 0 Å². The van der Waals surface area contributed by atoms with Crippen LogP contribution < -0.4 is 10.6 Å². The van der Waals surface area contributed by atoms with Gasteiger partial charge < -0.3 is 15.5 Å². The molecule has 1 aromatic carbocycles. The highest BCUT2D eigenvalue weighted by atomic mass is 35.5. The lowest BCUT2D eigenvalue weighted by Crippen LogP contribution is -2.43. The molecule has 0 aliphatic carbocycles. The quantitative estimate of drug-likeness (QED) is 0.671. The molecule has 1 aromatic heterocycles. The number of carbonyl (C=O) groups excluding carboxylic acids is 2. The molecule has 1 aliphatic heterocycles. The van der Waals surface area contributed by atoms with Crippen LogP contribution in [0.4, 0.5) is 13.9 Å². The fraction of sp³-hybridized carbons (Fsp3) is 0.368. The second-order valence-corrected chi connectivity index (χ2v) is 8.04. The molecule has 11 heteroatoms. The third kappa shape index (κ3) is 5.64. The smallest absolute Gasteiger partial charge is 0.271 e. The highest BCUT2D eigenvalue weighted by Gasteiger charge is 2.47. The lowest BCUT2D eigenvalue weighted by atomic mass is 10.1. The fourth-order valence-electron chi connectivity index (χ4n) is 2.97. The van der Waals surface area contributed by atoms with Crippen LogP contribution in [-0.2, 0) is 11.2 Å². The Kier molecular flexibility index (Phi) is 6.84. The topological polar surface area (TPSA) is 98.1 Å². The Bertz CT molecular complexity index is 961. The van der Waals surface area contributed by atoms with Gasteiger partial charge in [-0.05, 0) is 24.1 Å². The monoisotopic (exact) mass is 453 g/mol. The van der Waals surface area contributed by atoms with Crippen molar-refractivity contribution in [3.05, 3.63) is 45.9 Å². The van der Waals surface area contributed by atoms with Crippen molar-refractivity contribution in [2.75, 3.05) is 25.0 Å². The molecule has 1 aliphatic rings. The van der Waals surface area contributed by atoms with Gasteiger partial charge >= 0.3 is 0 Å². The number of benzene rings is 1. The van der Waals surface area contributed by atoms with Gasteiger partial charge in [0.15, 0.2) is 5.13 Å². The van der Waals surface area contributed by atoms with Crippen LogP contribution in [0.25, 0.3) is 0 Å². The first-order valence-corrected chi connectivity index (χ1v) is 10.3. The lowest BCUT2D eigenvalue weighted by molar-refractivity contribution is -0.131. The summed E-state index contributed by atoms with van der Waals surface area (Å²) >= 11 is 7.09. The number of hydrogen-bond acceptors (Lipinski definition) is 6. The van der Waals surface area contributed by atoms with Gasteiger partial charge in [0.05, 0.1) is 19.2 Å². The summed E-state index contributed by atoms with van der Waals surface area (Å²) in [6, 6.07) is 7.97. The zero-order valence-electron chi connectivity index (χ0n) is 15.7. The molecular weight excluding hydrogens is 436 g/mol. The van der Waals surface area contributed by atoms with E-state index in [0.717, 1.165) is 16.9 Å². The van der Waals surface area contributed by atoms with Gasteiger partial charge in [-0.1, -0.05) is 23.7 Å². The van der Waals surface area contributed by atoms with Gasteiger partial charge in [0, 0.05) is 23.4 Å². The first kappa shape index (κ1) is 21.9.